The minimum atomic E-state index is 0. The van der Waals surface area contributed by atoms with Crippen molar-refractivity contribution in [2.75, 3.05) is 0 Å². The second-order valence-electron chi connectivity index (χ2n) is 22.1. The molecule has 0 saturated carbocycles. The molecule has 0 aliphatic carbocycles. The zero-order valence-corrected chi connectivity index (χ0v) is 47.9. The molecular weight excluding hydrogens is 849 g/mol. The Labute approximate surface area is 433 Å². The molecule has 0 rings (SSSR count). The molecule has 0 aromatic heterocycles. The monoisotopic (exact) mass is 975 g/mol. The zero-order chi connectivity index (χ0) is 50.1. The van der Waals surface area contributed by atoms with Crippen LogP contribution < -0.4 is 0 Å². The van der Waals surface area contributed by atoms with E-state index in [1.807, 2.05) is 0 Å². The maximum absolute atomic E-state index is 13.4. The number of carbonyl (C=O) groups is 4. The van der Waals surface area contributed by atoms with Gasteiger partial charge in [-0.2, -0.15) is 0 Å². The Morgan fingerprint density at radius 2 is 0.391 bits per heavy atom. The van der Waals surface area contributed by atoms with Crippen LogP contribution in [0.25, 0.3) is 0 Å². The topological polar surface area (TPSA) is 99.8 Å². The summed E-state index contributed by atoms with van der Waals surface area (Å²) in [5.41, 5.74) is 0. The Hall–Kier alpha value is -1.36. The molecule has 0 atom stereocenters. The van der Waals surface area contributed by atoms with Crippen LogP contribution in [0.5, 0.6) is 0 Å². The summed E-state index contributed by atoms with van der Waals surface area (Å²) in [7, 11) is 0. The first-order valence-electron chi connectivity index (χ1n) is 31.3. The molecule has 5 nitrogen and oxygen atoms in total. The van der Waals surface area contributed by atoms with E-state index in [4.69, 9.17) is 0 Å². The van der Waals surface area contributed by atoms with Crippen molar-refractivity contribution in [3.05, 3.63) is 0 Å². The van der Waals surface area contributed by atoms with Gasteiger partial charge in [0, 0.05) is 31.6 Å². The van der Waals surface area contributed by atoms with Crippen molar-refractivity contribution in [1.82, 2.24) is 0 Å². The predicted octanol–water partition coefficient (Wildman–Crippen LogP) is 21.2. The van der Waals surface area contributed by atoms with E-state index in [-0.39, 0.29) is 5.48 Å². The lowest BCUT2D eigenvalue weighted by atomic mass is 9.88. The molecule has 0 fully saturated rings. The molecule has 0 amide bonds. The summed E-state index contributed by atoms with van der Waals surface area (Å²) >= 11 is 0. The maximum atomic E-state index is 13.4. The average Bonchev–Trinajstić information content (AvgIpc) is 3.31. The Morgan fingerprint density at radius 1 is 0.232 bits per heavy atom. The van der Waals surface area contributed by atoms with Crippen LogP contribution in [-0.2, 0) is 19.2 Å². The highest BCUT2D eigenvalue weighted by Crippen LogP contribution is 2.24. The molecule has 0 radical (unpaired) electrons. The van der Waals surface area contributed by atoms with E-state index in [0.717, 1.165) is 64.2 Å². The zero-order valence-electron chi connectivity index (χ0n) is 47.9. The molecule has 69 heavy (non-hydrogen) atoms. The lowest BCUT2D eigenvalue weighted by molar-refractivity contribution is -0.123. The van der Waals surface area contributed by atoms with Crippen molar-refractivity contribution in [3.8, 4) is 0 Å². The van der Waals surface area contributed by atoms with Gasteiger partial charge in [-0.15, -0.1) is 0 Å². The lowest BCUT2D eigenvalue weighted by Crippen LogP contribution is -2.14. The highest BCUT2D eigenvalue weighted by atomic mass is 16.1. The molecular formula is C64H126O5. The Morgan fingerprint density at radius 3 is 0.580 bits per heavy atom. The summed E-state index contributed by atoms with van der Waals surface area (Å²) in [5, 5.41) is 0. The molecule has 5 heteroatoms. The van der Waals surface area contributed by atoms with Gasteiger partial charge >= 0.3 is 0 Å². The van der Waals surface area contributed by atoms with Gasteiger partial charge in [0.1, 0.15) is 23.1 Å². The van der Waals surface area contributed by atoms with Crippen molar-refractivity contribution in [2.24, 2.45) is 5.92 Å². The molecule has 0 bridgehead atoms. The average molecular weight is 976 g/mol. The Bertz CT molecular complexity index is 995. The third kappa shape index (κ3) is 66.6. The first-order valence-corrected chi connectivity index (χ1v) is 31.3. The maximum Gasteiger partial charge on any atom is 0.135 e. The van der Waals surface area contributed by atoms with Crippen LogP contribution in [0.1, 0.15) is 381 Å². The van der Waals surface area contributed by atoms with Crippen molar-refractivity contribution in [2.45, 2.75) is 381 Å². The largest absolute Gasteiger partial charge is 0.412 e. The van der Waals surface area contributed by atoms with Gasteiger partial charge in [0.25, 0.3) is 0 Å². The summed E-state index contributed by atoms with van der Waals surface area (Å²) in [6, 6.07) is 0. The van der Waals surface area contributed by atoms with E-state index in [2.05, 4.69) is 13.8 Å². The minimum absolute atomic E-state index is 0. The van der Waals surface area contributed by atoms with E-state index in [1.165, 1.54) is 283 Å². The first kappa shape index (κ1) is 71.9. The third-order valence-electron chi connectivity index (χ3n) is 14.8. The summed E-state index contributed by atoms with van der Waals surface area (Å²) < 4.78 is 0. The number of rotatable bonds is 57. The molecule has 0 aliphatic heterocycles. The second kappa shape index (κ2) is 62.8. The van der Waals surface area contributed by atoms with E-state index in [0.29, 0.717) is 29.1 Å². The quantitative estimate of drug-likeness (QED) is 0.0567. The van der Waals surface area contributed by atoms with Crippen molar-refractivity contribution < 1.29 is 24.7 Å². The van der Waals surface area contributed by atoms with Gasteiger partial charge in [-0.3, -0.25) is 4.79 Å². The van der Waals surface area contributed by atoms with Gasteiger partial charge in [0.05, 0.1) is 0 Å². The van der Waals surface area contributed by atoms with Gasteiger partial charge in [-0.1, -0.05) is 296 Å². The van der Waals surface area contributed by atoms with Gasteiger partial charge in [-0.25, -0.2) is 0 Å². The van der Waals surface area contributed by atoms with Crippen LogP contribution in [0, 0.1) is 5.92 Å². The van der Waals surface area contributed by atoms with Gasteiger partial charge in [0.2, 0.25) is 0 Å². The Kier molecular flexibility index (Phi) is 65.4. The summed E-state index contributed by atoms with van der Waals surface area (Å²) in [4.78, 5) is 46.2. The molecule has 412 valence electrons. The van der Waals surface area contributed by atoms with Crippen LogP contribution in [0.3, 0.4) is 0 Å². The van der Waals surface area contributed by atoms with Gasteiger partial charge < -0.3 is 19.9 Å². The molecule has 0 aliphatic rings. The van der Waals surface area contributed by atoms with E-state index < -0.39 is 0 Å². The number of ketones is 4. The smallest absolute Gasteiger partial charge is 0.135 e. The number of Topliss-reactive ketones (excluding diaryl/α,β-unsaturated/α-hetero) is 4. The summed E-state index contributed by atoms with van der Waals surface area (Å²) in [5.74, 6) is 1.92. The standard InChI is InChI=1S/C48H92O3.C16H32O.H2O/c1-4-5-6-7-8-9-10-19-24-29-34-39-44-48(51)47(42-37-32-27-22-17-13-11-15-20-25-30-35-40-45(2)49)43-38-33-28-23-18-14-12-16-21-26-31-36-41-46(3)50;1-3-4-5-6-7-8-9-10-11-12-13-14-15-16(2)17;/h47H,4-44H2,1-3H3;3-15H2,1-2H3;1H2. The number of unbranched alkanes of at least 4 members (excludes halogenated alkanes) is 44. The predicted molar refractivity (Wildman–Crippen MR) is 305 cm³/mol. The Balaban J connectivity index is -0.00000204. The van der Waals surface area contributed by atoms with Crippen LogP contribution in [0.4, 0.5) is 0 Å². The minimum Gasteiger partial charge on any atom is -0.412 e. The van der Waals surface area contributed by atoms with Gasteiger partial charge in [0.15, 0.2) is 0 Å². The third-order valence-corrected chi connectivity index (χ3v) is 14.8. The highest BCUT2D eigenvalue weighted by molar-refractivity contribution is 5.80. The van der Waals surface area contributed by atoms with Crippen LogP contribution in [-0.4, -0.2) is 28.6 Å². The molecule has 0 unspecified atom stereocenters. The van der Waals surface area contributed by atoms with E-state index >= 15 is 0 Å². The number of carbonyl (C=O) groups excluding carboxylic acids is 4. The van der Waals surface area contributed by atoms with Crippen molar-refractivity contribution in [3.63, 3.8) is 0 Å². The molecule has 0 spiro atoms. The molecule has 2 N–H and O–H groups in total. The second-order valence-corrected chi connectivity index (χ2v) is 22.1. The van der Waals surface area contributed by atoms with Crippen LogP contribution >= 0.6 is 0 Å². The number of hydrogen-bond acceptors (Lipinski definition) is 4. The normalized spacial score (nSPS) is 11.2. The molecule has 0 aromatic carbocycles. The fourth-order valence-corrected chi connectivity index (χ4v) is 10.1. The van der Waals surface area contributed by atoms with Crippen LogP contribution in [0.15, 0.2) is 0 Å². The number of hydrogen-bond donors (Lipinski definition) is 0. The summed E-state index contributed by atoms with van der Waals surface area (Å²) in [6.45, 7) is 9.66. The summed E-state index contributed by atoms with van der Waals surface area (Å²) in [6.07, 6.45) is 69.3. The molecule has 0 aromatic rings. The molecule has 0 heterocycles. The first-order chi connectivity index (χ1) is 33.2. The van der Waals surface area contributed by atoms with Crippen LogP contribution in [0.2, 0.25) is 0 Å². The van der Waals surface area contributed by atoms with Gasteiger partial charge in [-0.05, 0) is 59.3 Å². The van der Waals surface area contributed by atoms with Crippen molar-refractivity contribution in [1.29, 1.82) is 0 Å². The van der Waals surface area contributed by atoms with Crippen molar-refractivity contribution >= 4 is 23.1 Å². The van der Waals surface area contributed by atoms with E-state index in [9.17, 15) is 19.2 Å². The highest BCUT2D eigenvalue weighted by Gasteiger charge is 2.17. The fourth-order valence-electron chi connectivity index (χ4n) is 10.1. The molecule has 0 saturated heterocycles. The SMILES string of the molecule is CCCCCCCCCCCCCCC(=O)C(CCCCCCCCCCCCCCC(C)=O)CCCCCCCCCCCCCCC(C)=O.CCCCCCCCCCCCCCC(C)=O.O. The fraction of sp³-hybridized carbons (Fsp3) is 0.938. The van der Waals surface area contributed by atoms with E-state index in [1.54, 1.807) is 20.8 Å². The lowest BCUT2D eigenvalue weighted by Gasteiger charge is -2.16.